The van der Waals surface area contributed by atoms with Crippen LogP contribution >= 0.6 is 0 Å². The summed E-state index contributed by atoms with van der Waals surface area (Å²) in [5.41, 5.74) is 2.04. The highest BCUT2D eigenvalue weighted by Crippen LogP contribution is 2.32. The standard InChI is InChI=1S/C26H20N4O4/c1-34-21-11-8-19-15-30(23(31)22(19)13-21)16-26(24(32)28-25(33)29-26)20-9-6-17(7-10-20)4-5-18-3-2-12-27-14-18/h2-3,6-14H,15-16H2,1H3,(H2,28,29,32,33)/t26-/m1/s1. The summed E-state index contributed by atoms with van der Waals surface area (Å²) in [7, 11) is 1.54. The Bertz CT molecular complexity index is 1360. The van der Waals surface area contributed by atoms with Gasteiger partial charge in [0.25, 0.3) is 11.8 Å². The minimum absolute atomic E-state index is 0.0128. The topological polar surface area (TPSA) is 101 Å². The lowest BCUT2D eigenvalue weighted by Gasteiger charge is -2.31. The molecule has 3 heterocycles. The Morgan fingerprint density at radius 1 is 1.06 bits per heavy atom. The molecule has 168 valence electrons. The average molecular weight is 452 g/mol. The highest BCUT2D eigenvalue weighted by molar-refractivity contribution is 6.08. The number of imide groups is 1. The number of amides is 4. The molecule has 2 N–H and O–H groups in total. The Morgan fingerprint density at radius 2 is 1.85 bits per heavy atom. The van der Waals surface area contributed by atoms with Gasteiger partial charge in [0.2, 0.25) is 0 Å². The van der Waals surface area contributed by atoms with Gasteiger partial charge in [0.05, 0.1) is 13.7 Å². The molecule has 1 aromatic heterocycles. The Hall–Kier alpha value is -4.64. The van der Waals surface area contributed by atoms with E-state index in [9.17, 15) is 14.4 Å². The number of nitrogens with one attached hydrogen (secondary N) is 2. The van der Waals surface area contributed by atoms with Gasteiger partial charge in [-0.1, -0.05) is 30.0 Å². The fourth-order valence-electron chi connectivity index (χ4n) is 4.20. The van der Waals surface area contributed by atoms with Gasteiger partial charge < -0.3 is 15.0 Å². The van der Waals surface area contributed by atoms with E-state index in [1.807, 2.05) is 18.2 Å². The first-order chi connectivity index (χ1) is 16.5. The van der Waals surface area contributed by atoms with Gasteiger partial charge in [-0.2, -0.15) is 0 Å². The third-order valence-corrected chi connectivity index (χ3v) is 5.96. The second-order valence-corrected chi connectivity index (χ2v) is 8.07. The van der Waals surface area contributed by atoms with Crippen LogP contribution in [0.2, 0.25) is 0 Å². The van der Waals surface area contributed by atoms with Crippen molar-refractivity contribution in [3.05, 3.63) is 94.8 Å². The van der Waals surface area contributed by atoms with Gasteiger partial charge in [0.1, 0.15) is 5.75 Å². The van der Waals surface area contributed by atoms with E-state index in [0.717, 1.165) is 16.7 Å². The fourth-order valence-corrected chi connectivity index (χ4v) is 4.20. The first-order valence-electron chi connectivity index (χ1n) is 10.6. The van der Waals surface area contributed by atoms with E-state index in [0.29, 0.717) is 23.4 Å². The van der Waals surface area contributed by atoms with Crippen molar-refractivity contribution in [1.29, 1.82) is 0 Å². The summed E-state index contributed by atoms with van der Waals surface area (Å²) in [6, 6.07) is 15.4. The number of carbonyl (C=O) groups is 3. The predicted molar refractivity (Wildman–Crippen MR) is 123 cm³/mol. The van der Waals surface area contributed by atoms with Gasteiger partial charge in [-0.25, -0.2) is 4.79 Å². The molecule has 1 saturated heterocycles. The zero-order chi connectivity index (χ0) is 23.7. The molecule has 8 nitrogen and oxygen atoms in total. The molecule has 3 aromatic rings. The molecule has 1 atom stereocenters. The van der Waals surface area contributed by atoms with E-state index in [-0.39, 0.29) is 12.5 Å². The van der Waals surface area contributed by atoms with Crippen LogP contribution in [0.25, 0.3) is 0 Å². The SMILES string of the molecule is COc1ccc2c(c1)C(=O)N(C[C@]1(c3ccc(C#Cc4cccnc4)cc3)NC(=O)NC1=O)C2. The molecular weight excluding hydrogens is 432 g/mol. The molecule has 0 radical (unpaired) electrons. The summed E-state index contributed by atoms with van der Waals surface area (Å²) in [6.45, 7) is 0.318. The normalized spacial score (nSPS) is 18.6. The smallest absolute Gasteiger partial charge is 0.322 e. The molecule has 4 amide bonds. The van der Waals surface area contributed by atoms with Crippen molar-refractivity contribution in [3.8, 4) is 17.6 Å². The third-order valence-electron chi connectivity index (χ3n) is 5.96. The van der Waals surface area contributed by atoms with Crippen molar-refractivity contribution in [2.45, 2.75) is 12.1 Å². The number of urea groups is 1. The van der Waals surface area contributed by atoms with Crippen LogP contribution in [0.1, 0.15) is 32.6 Å². The van der Waals surface area contributed by atoms with Crippen molar-refractivity contribution in [2.75, 3.05) is 13.7 Å². The number of aromatic nitrogens is 1. The van der Waals surface area contributed by atoms with Crippen LogP contribution in [0.15, 0.2) is 67.0 Å². The molecule has 2 aliphatic rings. The number of rotatable bonds is 4. The number of carbonyl (C=O) groups excluding carboxylic acids is 3. The number of ether oxygens (including phenoxy) is 1. The van der Waals surface area contributed by atoms with Gasteiger partial charge in [-0.15, -0.1) is 0 Å². The summed E-state index contributed by atoms with van der Waals surface area (Å²) in [6.07, 6.45) is 3.36. The van der Waals surface area contributed by atoms with Gasteiger partial charge in [-0.05, 0) is 47.5 Å². The number of hydrogen-bond donors (Lipinski definition) is 2. The molecule has 2 aromatic carbocycles. The summed E-state index contributed by atoms with van der Waals surface area (Å²) in [5, 5.41) is 5.06. The Morgan fingerprint density at radius 3 is 2.53 bits per heavy atom. The molecule has 8 heteroatoms. The highest BCUT2D eigenvalue weighted by atomic mass is 16.5. The number of fused-ring (bicyclic) bond motifs is 1. The quantitative estimate of drug-likeness (QED) is 0.467. The minimum Gasteiger partial charge on any atom is -0.497 e. The van der Waals surface area contributed by atoms with E-state index in [1.165, 1.54) is 7.11 Å². The number of benzene rings is 2. The highest BCUT2D eigenvalue weighted by Gasteiger charge is 2.50. The molecule has 0 unspecified atom stereocenters. The summed E-state index contributed by atoms with van der Waals surface area (Å²) in [4.78, 5) is 43.8. The van der Waals surface area contributed by atoms with E-state index in [1.54, 1.807) is 53.7 Å². The van der Waals surface area contributed by atoms with Gasteiger partial charge in [-0.3, -0.25) is 19.9 Å². The van der Waals surface area contributed by atoms with Crippen LogP contribution in [0.4, 0.5) is 4.79 Å². The molecule has 0 aliphatic carbocycles. The molecule has 0 bridgehead atoms. The number of nitrogens with zero attached hydrogens (tertiary/aromatic N) is 2. The first kappa shape index (κ1) is 21.2. The van der Waals surface area contributed by atoms with E-state index in [4.69, 9.17) is 4.74 Å². The van der Waals surface area contributed by atoms with Crippen molar-refractivity contribution in [1.82, 2.24) is 20.5 Å². The second-order valence-electron chi connectivity index (χ2n) is 8.07. The monoisotopic (exact) mass is 452 g/mol. The van der Waals surface area contributed by atoms with Gasteiger partial charge >= 0.3 is 6.03 Å². The maximum absolute atomic E-state index is 13.1. The molecule has 0 spiro atoms. The summed E-state index contributed by atoms with van der Waals surface area (Å²) in [5.74, 6) is 5.95. The minimum atomic E-state index is -1.41. The third kappa shape index (κ3) is 3.73. The van der Waals surface area contributed by atoms with Crippen LogP contribution in [0.5, 0.6) is 5.75 Å². The van der Waals surface area contributed by atoms with E-state index < -0.39 is 17.5 Å². The molecule has 5 rings (SSSR count). The number of hydrogen-bond acceptors (Lipinski definition) is 5. The van der Waals surface area contributed by atoms with Crippen molar-refractivity contribution in [2.24, 2.45) is 0 Å². The molecule has 34 heavy (non-hydrogen) atoms. The lowest BCUT2D eigenvalue weighted by molar-refractivity contribution is -0.124. The van der Waals surface area contributed by atoms with Gasteiger partial charge in [0.15, 0.2) is 5.54 Å². The predicted octanol–water partition coefficient (Wildman–Crippen LogP) is 2.18. The average Bonchev–Trinajstić information content (AvgIpc) is 3.33. The van der Waals surface area contributed by atoms with Crippen LogP contribution < -0.4 is 15.4 Å². The molecule has 1 fully saturated rings. The van der Waals surface area contributed by atoms with Crippen molar-refractivity contribution < 1.29 is 19.1 Å². The molecule has 2 aliphatic heterocycles. The van der Waals surface area contributed by atoms with E-state index >= 15 is 0 Å². The lowest BCUT2D eigenvalue weighted by Crippen LogP contribution is -2.52. The zero-order valence-corrected chi connectivity index (χ0v) is 18.3. The maximum atomic E-state index is 13.1. The van der Waals surface area contributed by atoms with Crippen LogP contribution in [0.3, 0.4) is 0 Å². The molecule has 0 saturated carbocycles. The fraction of sp³-hybridized carbons (Fsp3) is 0.154. The van der Waals surface area contributed by atoms with Crippen molar-refractivity contribution in [3.63, 3.8) is 0 Å². The van der Waals surface area contributed by atoms with Crippen LogP contribution in [-0.2, 0) is 16.9 Å². The largest absolute Gasteiger partial charge is 0.497 e. The first-order valence-corrected chi connectivity index (χ1v) is 10.6. The van der Waals surface area contributed by atoms with Crippen molar-refractivity contribution >= 4 is 17.8 Å². The lowest BCUT2D eigenvalue weighted by atomic mass is 9.88. The second kappa shape index (κ2) is 8.37. The number of methoxy groups -OCH3 is 1. The Balaban J connectivity index is 1.43. The summed E-state index contributed by atoms with van der Waals surface area (Å²) >= 11 is 0. The van der Waals surface area contributed by atoms with Gasteiger partial charge in [0, 0.05) is 35.6 Å². The van der Waals surface area contributed by atoms with E-state index in [2.05, 4.69) is 27.5 Å². The number of pyridine rings is 1. The Labute approximate surface area is 195 Å². The maximum Gasteiger partial charge on any atom is 0.322 e. The van der Waals surface area contributed by atoms with Crippen LogP contribution in [-0.4, -0.2) is 41.4 Å². The van der Waals surface area contributed by atoms with Crippen LogP contribution in [0, 0.1) is 11.8 Å². The Kier molecular flexibility index (Phi) is 5.22. The summed E-state index contributed by atoms with van der Waals surface area (Å²) < 4.78 is 5.23. The zero-order valence-electron chi connectivity index (χ0n) is 18.3. The molecular formula is C26H20N4O4.